The zero-order valence-electron chi connectivity index (χ0n) is 12.1. The Balaban J connectivity index is 2.88. The summed E-state index contributed by atoms with van der Waals surface area (Å²) in [6, 6.07) is 3.45. The first kappa shape index (κ1) is 17.9. The van der Waals surface area contributed by atoms with Crippen molar-refractivity contribution < 1.29 is 18.3 Å². The van der Waals surface area contributed by atoms with Crippen molar-refractivity contribution in [3.8, 4) is 0 Å². The van der Waals surface area contributed by atoms with Crippen molar-refractivity contribution in [1.82, 2.24) is 4.72 Å². The molecule has 1 aromatic carbocycles. The van der Waals surface area contributed by atoms with Crippen LogP contribution in [0.25, 0.3) is 0 Å². The fourth-order valence-corrected chi connectivity index (χ4v) is 3.43. The molecule has 1 rings (SSSR count). The van der Waals surface area contributed by atoms with Crippen LogP contribution in [0.15, 0.2) is 23.1 Å². The van der Waals surface area contributed by atoms with Crippen LogP contribution in [0.3, 0.4) is 0 Å². The molecule has 0 amide bonds. The normalized spacial score (nSPS) is 13.1. The number of aromatic carboxylic acids is 1. The van der Waals surface area contributed by atoms with E-state index in [4.69, 9.17) is 16.7 Å². The van der Waals surface area contributed by atoms with Gasteiger partial charge in [0.25, 0.3) is 0 Å². The molecule has 0 saturated carbocycles. The average Bonchev–Trinajstić information content (AvgIpc) is 2.38. The van der Waals surface area contributed by atoms with Crippen LogP contribution in [0.4, 0.5) is 0 Å². The lowest BCUT2D eigenvalue weighted by Gasteiger charge is -2.14. The van der Waals surface area contributed by atoms with Crippen LogP contribution in [0.1, 0.15) is 49.9 Å². The number of benzene rings is 1. The molecule has 0 bridgehead atoms. The number of carboxylic acid groups (broad SMARTS) is 1. The van der Waals surface area contributed by atoms with Gasteiger partial charge < -0.3 is 5.11 Å². The van der Waals surface area contributed by atoms with E-state index < -0.39 is 16.0 Å². The molecule has 0 heterocycles. The van der Waals surface area contributed by atoms with Crippen molar-refractivity contribution in [3.05, 3.63) is 28.8 Å². The number of carboxylic acids is 1. The molecule has 0 aliphatic carbocycles. The minimum atomic E-state index is -3.74. The predicted octanol–water partition coefficient (Wildman–Crippen LogP) is 3.29. The minimum Gasteiger partial charge on any atom is -0.478 e. The number of rotatable bonds is 8. The number of hydrogen-bond acceptors (Lipinski definition) is 3. The Morgan fingerprint density at radius 1 is 1.38 bits per heavy atom. The van der Waals surface area contributed by atoms with Crippen molar-refractivity contribution >= 4 is 27.6 Å². The third kappa shape index (κ3) is 5.30. The zero-order valence-corrected chi connectivity index (χ0v) is 13.7. The molecule has 0 saturated heterocycles. The van der Waals surface area contributed by atoms with Gasteiger partial charge in [-0.2, -0.15) is 0 Å². The molecule has 21 heavy (non-hydrogen) atoms. The van der Waals surface area contributed by atoms with Crippen LogP contribution >= 0.6 is 11.6 Å². The molecule has 1 aromatic rings. The first-order valence-corrected chi connectivity index (χ1v) is 8.69. The van der Waals surface area contributed by atoms with Gasteiger partial charge in [0.15, 0.2) is 0 Å². The maximum atomic E-state index is 12.2. The van der Waals surface area contributed by atoms with Crippen LogP contribution in [-0.4, -0.2) is 25.5 Å². The van der Waals surface area contributed by atoms with Gasteiger partial charge in [0.05, 0.1) is 15.5 Å². The third-order valence-corrected chi connectivity index (χ3v) is 4.99. The maximum absolute atomic E-state index is 12.2. The van der Waals surface area contributed by atoms with Gasteiger partial charge in [0, 0.05) is 6.04 Å². The smallest absolute Gasteiger partial charge is 0.337 e. The van der Waals surface area contributed by atoms with Crippen molar-refractivity contribution in [1.29, 1.82) is 0 Å². The van der Waals surface area contributed by atoms with Crippen LogP contribution in [-0.2, 0) is 10.0 Å². The zero-order chi connectivity index (χ0) is 16.0. The van der Waals surface area contributed by atoms with Crippen molar-refractivity contribution in [2.45, 2.75) is 50.5 Å². The first-order valence-electron chi connectivity index (χ1n) is 6.83. The number of unbranched alkanes of at least 4 members (excludes halogenated alkanes) is 2. The van der Waals surface area contributed by atoms with Crippen molar-refractivity contribution in [2.24, 2.45) is 0 Å². The maximum Gasteiger partial charge on any atom is 0.337 e. The summed E-state index contributed by atoms with van der Waals surface area (Å²) in [4.78, 5) is 10.9. The highest BCUT2D eigenvalue weighted by Crippen LogP contribution is 2.21. The topological polar surface area (TPSA) is 83.5 Å². The summed E-state index contributed by atoms with van der Waals surface area (Å²) in [5.74, 6) is -1.26. The molecule has 0 radical (unpaired) electrons. The number of hydrogen-bond donors (Lipinski definition) is 2. The van der Waals surface area contributed by atoms with Crippen molar-refractivity contribution in [2.75, 3.05) is 0 Å². The Morgan fingerprint density at radius 3 is 2.62 bits per heavy atom. The second kappa shape index (κ2) is 7.77. The van der Waals surface area contributed by atoms with E-state index in [1.807, 2.05) is 0 Å². The van der Waals surface area contributed by atoms with E-state index in [1.165, 1.54) is 12.1 Å². The van der Waals surface area contributed by atoms with Gasteiger partial charge in [-0.25, -0.2) is 17.9 Å². The van der Waals surface area contributed by atoms with E-state index in [2.05, 4.69) is 11.6 Å². The fourth-order valence-electron chi connectivity index (χ4n) is 1.93. The highest BCUT2D eigenvalue weighted by molar-refractivity contribution is 7.89. The Hall–Kier alpha value is -1.11. The second-order valence-electron chi connectivity index (χ2n) is 4.96. The van der Waals surface area contributed by atoms with E-state index in [0.29, 0.717) is 0 Å². The molecule has 1 unspecified atom stereocenters. The lowest BCUT2D eigenvalue weighted by Crippen LogP contribution is -2.32. The Labute approximate surface area is 130 Å². The average molecular weight is 334 g/mol. The molecule has 5 nitrogen and oxygen atoms in total. The molecule has 0 aliphatic rings. The Kier molecular flexibility index (Phi) is 6.64. The van der Waals surface area contributed by atoms with Crippen molar-refractivity contribution in [3.63, 3.8) is 0 Å². The minimum absolute atomic E-state index is 0.0115. The molecule has 0 fully saturated rings. The molecular formula is C14H20ClNO4S. The van der Waals surface area contributed by atoms with Crippen LogP contribution in [0.2, 0.25) is 5.02 Å². The quantitative estimate of drug-likeness (QED) is 0.715. The summed E-state index contributed by atoms with van der Waals surface area (Å²) in [6.07, 6.45) is 3.81. The second-order valence-corrected chi connectivity index (χ2v) is 7.09. The largest absolute Gasteiger partial charge is 0.478 e. The molecule has 2 N–H and O–H groups in total. The fraction of sp³-hybridized carbons (Fsp3) is 0.500. The number of sulfonamides is 1. The first-order chi connectivity index (χ1) is 9.77. The molecule has 7 heteroatoms. The monoisotopic (exact) mass is 333 g/mol. The summed E-state index contributed by atoms with van der Waals surface area (Å²) in [5.41, 5.74) is -0.224. The SMILES string of the molecule is CCCCCC(C)NS(=O)(=O)c1ccc(Cl)c(C(=O)O)c1. The van der Waals surface area contributed by atoms with Gasteiger partial charge >= 0.3 is 5.97 Å². The van der Waals surface area contributed by atoms with Gasteiger partial charge in [-0.3, -0.25) is 0 Å². The van der Waals surface area contributed by atoms with Gasteiger partial charge in [-0.05, 0) is 31.5 Å². The van der Waals surface area contributed by atoms with Crippen LogP contribution in [0.5, 0.6) is 0 Å². The van der Waals surface area contributed by atoms with Crippen LogP contribution < -0.4 is 4.72 Å². The molecule has 118 valence electrons. The van der Waals surface area contributed by atoms with E-state index in [-0.39, 0.29) is 21.5 Å². The number of halogens is 1. The summed E-state index contributed by atoms with van der Waals surface area (Å²) in [7, 11) is -3.74. The molecule has 0 aliphatic heterocycles. The predicted molar refractivity (Wildman–Crippen MR) is 82.3 cm³/mol. The summed E-state index contributed by atoms with van der Waals surface area (Å²) < 4.78 is 27.0. The molecular weight excluding hydrogens is 314 g/mol. The molecule has 0 spiro atoms. The number of nitrogens with one attached hydrogen (secondary N) is 1. The van der Waals surface area contributed by atoms with Gasteiger partial charge in [0.1, 0.15) is 0 Å². The van der Waals surface area contributed by atoms with E-state index >= 15 is 0 Å². The van der Waals surface area contributed by atoms with E-state index in [0.717, 1.165) is 31.7 Å². The standard InChI is InChI=1S/C14H20ClNO4S/c1-3-4-5-6-10(2)16-21(19,20)11-7-8-13(15)12(9-11)14(17)18/h7-10,16H,3-6H2,1-2H3,(H,17,18). The highest BCUT2D eigenvalue weighted by Gasteiger charge is 2.20. The summed E-state index contributed by atoms with van der Waals surface area (Å²) in [5, 5.41) is 8.99. The lowest BCUT2D eigenvalue weighted by molar-refractivity contribution is 0.0697. The van der Waals surface area contributed by atoms with Gasteiger partial charge in [-0.15, -0.1) is 0 Å². The highest BCUT2D eigenvalue weighted by atomic mass is 35.5. The lowest BCUT2D eigenvalue weighted by atomic mass is 10.1. The molecule has 0 aromatic heterocycles. The third-order valence-electron chi connectivity index (χ3n) is 3.08. The van der Waals surface area contributed by atoms with E-state index in [1.54, 1.807) is 6.92 Å². The molecule has 1 atom stereocenters. The summed E-state index contributed by atoms with van der Waals surface area (Å²) in [6.45, 7) is 3.87. The number of carbonyl (C=O) groups is 1. The van der Waals surface area contributed by atoms with Gasteiger partial charge in [-0.1, -0.05) is 37.8 Å². The van der Waals surface area contributed by atoms with Gasteiger partial charge in [0.2, 0.25) is 10.0 Å². The summed E-state index contributed by atoms with van der Waals surface area (Å²) >= 11 is 5.74. The van der Waals surface area contributed by atoms with E-state index in [9.17, 15) is 13.2 Å². The Bertz CT molecular complexity index is 601. The van der Waals surface area contributed by atoms with Crippen LogP contribution in [0, 0.1) is 0 Å². The Morgan fingerprint density at radius 2 is 2.05 bits per heavy atom.